The largest absolute Gasteiger partial charge is 0.480 e. The minimum absolute atomic E-state index is 0.0195. The lowest BCUT2D eigenvalue weighted by Crippen LogP contribution is -2.34. The molecule has 0 saturated heterocycles. The number of phosphoric ester groups is 1. The maximum absolute atomic E-state index is 12.7. The highest BCUT2D eigenvalue weighted by atomic mass is 31.2. The third kappa shape index (κ3) is 48.2. The second-order valence-corrected chi connectivity index (χ2v) is 19.5. The molecule has 0 amide bonds. The molecule has 0 rings (SSSR count). The predicted octanol–water partition coefficient (Wildman–Crippen LogP) is 15.4. The Balaban J connectivity index is 4.09. The second-order valence-electron chi connectivity index (χ2n) is 18.0. The fraction of sp³-hybridized carbons (Fsp3) is 0.885. The van der Waals surface area contributed by atoms with Crippen molar-refractivity contribution in [1.82, 2.24) is 0 Å². The van der Waals surface area contributed by atoms with E-state index in [0.29, 0.717) is 6.61 Å². The third-order valence-electron chi connectivity index (χ3n) is 11.7. The van der Waals surface area contributed by atoms with E-state index < -0.39 is 45.1 Å². The van der Waals surface area contributed by atoms with E-state index in [1.54, 1.807) is 0 Å². The first kappa shape index (κ1) is 61.5. The first-order valence-electron chi connectivity index (χ1n) is 26.4. The summed E-state index contributed by atoms with van der Waals surface area (Å²) in [4.78, 5) is 33.7. The highest BCUT2D eigenvalue weighted by Gasteiger charge is 2.27. The zero-order valence-electron chi connectivity index (χ0n) is 40.9. The van der Waals surface area contributed by atoms with Gasteiger partial charge in [0.2, 0.25) is 0 Å². The number of ether oxygens (including phenoxy) is 2. The highest BCUT2D eigenvalue weighted by molar-refractivity contribution is 7.47. The summed E-state index contributed by atoms with van der Waals surface area (Å²) in [6, 6.07) is -1.47. The van der Waals surface area contributed by atoms with E-state index in [9.17, 15) is 19.0 Å². The lowest BCUT2D eigenvalue weighted by molar-refractivity contribution is -0.154. The Bertz CT molecular complexity index is 1100. The smallest absolute Gasteiger partial charge is 0.472 e. The van der Waals surface area contributed by atoms with Gasteiger partial charge < -0.3 is 25.2 Å². The van der Waals surface area contributed by atoms with Gasteiger partial charge in [0.25, 0.3) is 0 Å². The van der Waals surface area contributed by atoms with Gasteiger partial charge in [-0.2, -0.15) is 0 Å². The summed E-state index contributed by atoms with van der Waals surface area (Å²) < 4.78 is 33.5. The van der Waals surface area contributed by atoms with Crippen molar-refractivity contribution in [1.29, 1.82) is 0 Å². The first-order valence-corrected chi connectivity index (χ1v) is 27.9. The number of aliphatic carboxylic acids is 1. The number of unbranched alkanes of at least 4 members (excludes halogenated alkanes) is 33. The summed E-state index contributed by atoms with van der Waals surface area (Å²) >= 11 is 0. The number of carbonyl (C=O) groups excluding carboxylic acids is 1. The molecule has 0 radical (unpaired) electrons. The zero-order valence-corrected chi connectivity index (χ0v) is 41.8. The molecule has 372 valence electrons. The van der Waals surface area contributed by atoms with Gasteiger partial charge in [0.15, 0.2) is 0 Å². The number of nitrogens with two attached hydrogens (primary N) is 1. The molecule has 63 heavy (non-hydrogen) atoms. The lowest BCUT2D eigenvalue weighted by Gasteiger charge is -2.20. The standard InChI is InChI=1S/C52H100NO9P/c1-3-5-7-9-11-13-15-17-19-21-23-25-26-28-30-32-34-36-38-40-42-44-51(54)62-49(47-60-63(57,58)61-48-50(53)52(55)56)46-59-45-43-41-39-37-35-33-31-29-27-24-22-20-18-16-14-12-10-8-6-4-2/h12,14,18,20,49-50H,3-11,13,15-17,19,21-48,53H2,1-2H3,(H,55,56)(H,57,58)/b14-12-,20-18-. The fourth-order valence-corrected chi connectivity index (χ4v) is 8.42. The second kappa shape index (κ2) is 48.4. The van der Waals surface area contributed by atoms with Crippen LogP contribution in [0.4, 0.5) is 0 Å². The monoisotopic (exact) mass is 914 g/mol. The topological polar surface area (TPSA) is 155 Å². The van der Waals surface area contributed by atoms with Crippen LogP contribution in [-0.2, 0) is 32.7 Å². The molecule has 11 heteroatoms. The van der Waals surface area contributed by atoms with Gasteiger partial charge in [-0.25, -0.2) is 4.57 Å². The van der Waals surface area contributed by atoms with Gasteiger partial charge in [-0.1, -0.05) is 231 Å². The molecule has 10 nitrogen and oxygen atoms in total. The van der Waals surface area contributed by atoms with Gasteiger partial charge in [0.05, 0.1) is 19.8 Å². The highest BCUT2D eigenvalue weighted by Crippen LogP contribution is 2.43. The van der Waals surface area contributed by atoms with E-state index in [-0.39, 0.29) is 13.0 Å². The Morgan fingerprint density at radius 1 is 0.508 bits per heavy atom. The summed E-state index contributed by atoms with van der Waals surface area (Å²) in [6.45, 7) is 3.91. The molecule has 0 aromatic rings. The van der Waals surface area contributed by atoms with Crippen LogP contribution in [0.5, 0.6) is 0 Å². The molecule has 0 aliphatic carbocycles. The molecule has 0 saturated carbocycles. The molecule has 0 aliphatic rings. The van der Waals surface area contributed by atoms with Crippen molar-refractivity contribution >= 4 is 19.8 Å². The quantitative estimate of drug-likeness (QED) is 0.0232. The van der Waals surface area contributed by atoms with Crippen molar-refractivity contribution in [2.75, 3.05) is 26.4 Å². The minimum Gasteiger partial charge on any atom is -0.480 e. The first-order chi connectivity index (χ1) is 30.7. The SMILES string of the molecule is CCCCC/C=C\C/C=C\CCCCCCCCCCCCOCC(COP(=O)(O)OCC(N)C(=O)O)OC(=O)CCCCCCCCCCCCCCCCCCCCCCC. The van der Waals surface area contributed by atoms with Crippen LogP contribution in [0.1, 0.15) is 258 Å². The number of allylic oxidation sites excluding steroid dienone is 4. The van der Waals surface area contributed by atoms with Gasteiger partial charge in [-0.05, 0) is 44.9 Å². The molecule has 0 aromatic carbocycles. The average Bonchev–Trinajstić information content (AvgIpc) is 3.26. The van der Waals surface area contributed by atoms with E-state index in [0.717, 1.165) is 44.9 Å². The van der Waals surface area contributed by atoms with Gasteiger partial charge in [0.1, 0.15) is 12.1 Å². The van der Waals surface area contributed by atoms with Crippen molar-refractivity contribution in [3.8, 4) is 0 Å². The van der Waals surface area contributed by atoms with Crippen LogP contribution in [0.2, 0.25) is 0 Å². The summed E-state index contributed by atoms with van der Waals surface area (Å²) in [5, 5.41) is 8.93. The molecule has 0 bridgehead atoms. The van der Waals surface area contributed by atoms with E-state index in [4.69, 9.17) is 29.4 Å². The Hall–Kier alpha value is -1.55. The van der Waals surface area contributed by atoms with E-state index >= 15 is 0 Å². The summed E-state index contributed by atoms with van der Waals surface area (Å²) in [6.07, 6.45) is 55.2. The van der Waals surface area contributed by atoms with Crippen LogP contribution in [0.15, 0.2) is 24.3 Å². The molecule has 3 unspecified atom stereocenters. The Labute approximate surface area is 387 Å². The van der Waals surface area contributed by atoms with Crippen LogP contribution in [0.3, 0.4) is 0 Å². The third-order valence-corrected chi connectivity index (χ3v) is 12.7. The van der Waals surface area contributed by atoms with Crippen molar-refractivity contribution in [3.05, 3.63) is 24.3 Å². The lowest BCUT2D eigenvalue weighted by atomic mass is 10.0. The fourth-order valence-electron chi connectivity index (χ4n) is 7.64. The summed E-state index contributed by atoms with van der Waals surface area (Å²) in [5.41, 5.74) is 5.38. The summed E-state index contributed by atoms with van der Waals surface area (Å²) in [5.74, 6) is -1.77. The molecule has 0 fully saturated rings. The minimum atomic E-state index is -4.62. The van der Waals surface area contributed by atoms with Crippen molar-refractivity contribution in [2.24, 2.45) is 5.73 Å². The molecular weight excluding hydrogens is 814 g/mol. The van der Waals surface area contributed by atoms with Crippen molar-refractivity contribution in [2.45, 2.75) is 270 Å². The number of carbonyl (C=O) groups is 2. The molecular formula is C52H100NO9P. The molecule has 0 spiro atoms. The van der Waals surface area contributed by atoms with E-state index in [2.05, 4.69) is 38.2 Å². The number of hydrogen-bond acceptors (Lipinski definition) is 8. The number of carboxylic acids is 1. The number of phosphoric acid groups is 1. The number of hydrogen-bond donors (Lipinski definition) is 3. The number of carboxylic acid groups (broad SMARTS) is 1. The van der Waals surface area contributed by atoms with Crippen LogP contribution >= 0.6 is 7.82 Å². The van der Waals surface area contributed by atoms with E-state index in [1.807, 2.05) is 0 Å². The van der Waals surface area contributed by atoms with Gasteiger partial charge in [-0.3, -0.25) is 18.6 Å². The molecule has 0 heterocycles. The number of esters is 1. The van der Waals surface area contributed by atoms with Crippen molar-refractivity contribution < 1.29 is 42.7 Å². The van der Waals surface area contributed by atoms with E-state index in [1.165, 1.54) is 193 Å². The predicted molar refractivity (Wildman–Crippen MR) is 263 cm³/mol. The molecule has 0 aliphatic heterocycles. The van der Waals surface area contributed by atoms with Crippen LogP contribution in [0.25, 0.3) is 0 Å². The maximum atomic E-state index is 12.7. The maximum Gasteiger partial charge on any atom is 0.472 e. The molecule has 3 atom stereocenters. The Morgan fingerprint density at radius 2 is 0.873 bits per heavy atom. The zero-order chi connectivity index (χ0) is 46.2. The average molecular weight is 914 g/mol. The summed E-state index contributed by atoms with van der Waals surface area (Å²) in [7, 11) is -4.62. The normalized spacial score (nSPS) is 13.8. The van der Waals surface area contributed by atoms with Crippen molar-refractivity contribution in [3.63, 3.8) is 0 Å². The Morgan fingerprint density at radius 3 is 1.32 bits per heavy atom. The van der Waals surface area contributed by atoms with Gasteiger partial charge in [0, 0.05) is 13.0 Å². The van der Waals surface area contributed by atoms with Crippen LogP contribution < -0.4 is 5.73 Å². The Kier molecular flexibility index (Phi) is 47.2. The van der Waals surface area contributed by atoms with Gasteiger partial charge in [-0.15, -0.1) is 0 Å². The van der Waals surface area contributed by atoms with Crippen LogP contribution in [0, 0.1) is 0 Å². The molecule has 4 N–H and O–H groups in total. The van der Waals surface area contributed by atoms with Gasteiger partial charge >= 0.3 is 19.8 Å². The molecule has 0 aromatic heterocycles. The number of rotatable bonds is 51. The van der Waals surface area contributed by atoms with Crippen LogP contribution in [-0.4, -0.2) is 60.5 Å².